The van der Waals surface area contributed by atoms with E-state index in [0.717, 1.165) is 18.7 Å². The number of ether oxygens (including phenoxy) is 1. The van der Waals surface area contributed by atoms with Crippen LogP contribution in [0.2, 0.25) is 0 Å². The number of benzene rings is 1. The van der Waals surface area contributed by atoms with Crippen LogP contribution in [0.3, 0.4) is 0 Å². The molecule has 1 aromatic heterocycles. The summed E-state index contributed by atoms with van der Waals surface area (Å²) in [5, 5.41) is 0. The lowest BCUT2D eigenvalue weighted by Gasteiger charge is -2.16. The van der Waals surface area contributed by atoms with Gasteiger partial charge in [0.2, 0.25) is 0 Å². The highest BCUT2D eigenvalue weighted by Gasteiger charge is 2.29. The van der Waals surface area contributed by atoms with Crippen LogP contribution in [-0.4, -0.2) is 10.3 Å². The molecule has 1 aliphatic rings. The number of rotatable bonds is 3. The fourth-order valence-corrected chi connectivity index (χ4v) is 2.40. The molecule has 2 heterocycles. The molecule has 0 bridgehead atoms. The van der Waals surface area contributed by atoms with Gasteiger partial charge in [-0.2, -0.15) is 0 Å². The smallest absolute Gasteiger partial charge is 0.123 e. The summed E-state index contributed by atoms with van der Waals surface area (Å²) in [7, 11) is 0. The molecule has 3 nitrogen and oxygen atoms in total. The Hall–Kier alpha value is -1.90. The molecule has 0 atom stereocenters. The predicted molar refractivity (Wildman–Crippen MR) is 72.3 cm³/mol. The zero-order valence-electron chi connectivity index (χ0n) is 10.8. The molecule has 0 aliphatic carbocycles. The second-order valence-electron chi connectivity index (χ2n) is 5.41. The molecule has 0 saturated carbocycles. The van der Waals surface area contributed by atoms with Gasteiger partial charge in [-0.05, 0) is 43.2 Å². The molecule has 0 saturated heterocycles. The quantitative estimate of drug-likeness (QED) is 0.895. The fourth-order valence-electron chi connectivity index (χ4n) is 2.40. The maximum Gasteiger partial charge on any atom is 0.123 e. The Kier molecular flexibility index (Phi) is 2.54. The first-order valence-electron chi connectivity index (χ1n) is 6.30. The summed E-state index contributed by atoms with van der Waals surface area (Å²) >= 11 is 0. The standard InChI is InChI=1S/C15H18N2O/c1-15(2)10-13-9-12(5-6-14(13)18-15)11-16-17-7-3-4-8-17/h3-9,16H,10-11H2,1-2H3. The second-order valence-corrected chi connectivity index (χ2v) is 5.41. The predicted octanol–water partition coefficient (Wildman–Crippen LogP) is 2.95. The molecular weight excluding hydrogens is 224 g/mol. The van der Waals surface area contributed by atoms with Crippen LogP contribution in [0.25, 0.3) is 0 Å². The third kappa shape index (κ3) is 2.21. The van der Waals surface area contributed by atoms with Crippen molar-refractivity contribution in [3.05, 3.63) is 53.9 Å². The van der Waals surface area contributed by atoms with Crippen LogP contribution in [0, 0.1) is 0 Å². The van der Waals surface area contributed by atoms with Gasteiger partial charge in [-0.3, -0.25) is 4.68 Å². The zero-order chi connectivity index (χ0) is 12.6. The van der Waals surface area contributed by atoms with Crippen LogP contribution in [0.1, 0.15) is 25.0 Å². The Balaban J connectivity index is 1.72. The van der Waals surface area contributed by atoms with Crippen LogP contribution < -0.4 is 10.2 Å². The summed E-state index contributed by atoms with van der Waals surface area (Å²) in [4.78, 5) is 0. The third-order valence-electron chi connectivity index (χ3n) is 3.20. The number of nitrogens with one attached hydrogen (secondary N) is 1. The van der Waals surface area contributed by atoms with Crippen LogP contribution in [0.15, 0.2) is 42.7 Å². The molecule has 18 heavy (non-hydrogen) atoms. The molecule has 3 heteroatoms. The van der Waals surface area contributed by atoms with E-state index in [4.69, 9.17) is 4.74 Å². The minimum absolute atomic E-state index is 0.0607. The molecule has 0 fully saturated rings. The van der Waals surface area contributed by atoms with E-state index in [1.807, 2.05) is 29.2 Å². The van der Waals surface area contributed by atoms with Gasteiger partial charge in [0.15, 0.2) is 0 Å². The van der Waals surface area contributed by atoms with Gasteiger partial charge < -0.3 is 10.2 Å². The fraction of sp³-hybridized carbons (Fsp3) is 0.333. The van der Waals surface area contributed by atoms with Crippen LogP contribution in [0.4, 0.5) is 0 Å². The van der Waals surface area contributed by atoms with E-state index in [1.165, 1.54) is 11.1 Å². The van der Waals surface area contributed by atoms with Crippen molar-refractivity contribution in [3.63, 3.8) is 0 Å². The number of fused-ring (bicyclic) bond motifs is 1. The minimum Gasteiger partial charge on any atom is -0.487 e. The largest absolute Gasteiger partial charge is 0.487 e. The SMILES string of the molecule is CC1(C)Cc2cc(CNn3cccc3)ccc2O1. The molecule has 94 valence electrons. The van der Waals surface area contributed by atoms with E-state index in [2.05, 4.69) is 37.5 Å². The Morgan fingerprint density at radius 3 is 2.83 bits per heavy atom. The first-order chi connectivity index (χ1) is 8.62. The molecule has 1 aliphatic heterocycles. The molecule has 0 unspecified atom stereocenters. The van der Waals surface area contributed by atoms with Gasteiger partial charge in [0.05, 0.1) is 6.54 Å². The molecule has 3 rings (SSSR count). The molecule has 0 amide bonds. The highest BCUT2D eigenvalue weighted by molar-refractivity contribution is 5.42. The summed E-state index contributed by atoms with van der Waals surface area (Å²) < 4.78 is 7.84. The van der Waals surface area contributed by atoms with Crippen LogP contribution in [-0.2, 0) is 13.0 Å². The lowest BCUT2D eigenvalue weighted by molar-refractivity contribution is 0.138. The molecule has 2 aromatic rings. The third-order valence-corrected chi connectivity index (χ3v) is 3.20. The number of hydrogen-bond donors (Lipinski definition) is 1. The van der Waals surface area contributed by atoms with Gasteiger partial charge in [0.25, 0.3) is 0 Å². The Labute approximate surface area is 107 Å². The number of nitrogens with zero attached hydrogens (tertiary/aromatic N) is 1. The lowest BCUT2D eigenvalue weighted by Crippen LogP contribution is -2.24. The van der Waals surface area contributed by atoms with Gasteiger partial charge in [-0.25, -0.2) is 0 Å². The summed E-state index contributed by atoms with van der Waals surface area (Å²) in [6, 6.07) is 10.5. The number of aromatic nitrogens is 1. The average Bonchev–Trinajstić information content (AvgIpc) is 2.90. The maximum absolute atomic E-state index is 5.87. The summed E-state index contributed by atoms with van der Waals surface area (Å²) in [6.45, 7) is 5.08. The van der Waals surface area contributed by atoms with Crippen molar-refractivity contribution in [3.8, 4) is 5.75 Å². The Morgan fingerprint density at radius 1 is 1.28 bits per heavy atom. The number of hydrogen-bond acceptors (Lipinski definition) is 2. The highest BCUT2D eigenvalue weighted by atomic mass is 16.5. The maximum atomic E-state index is 5.87. The van der Waals surface area contributed by atoms with Crippen molar-refractivity contribution in [1.29, 1.82) is 0 Å². The zero-order valence-corrected chi connectivity index (χ0v) is 10.8. The molecule has 1 N–H and O–H groups in total. The normalized spacial score (nSPS) is 16.1. The molecule has 1 aromatic carbocycles. The van der Waals surface area contributed by atoms with E-state index in [0.29, 0.717) is 0 Å². The van der Waals surface area contributed by atoms with Crippen molar-refractivity contribution in [2.45, 2.75) is 32.4 Å². The Bertz CT molecular complexity index is 544. The van der Waals surface area contributed by atoms with Crippen molar-refractivity contribution in [1.82, 2.24) is 4.68 Å². The molecular formula is C15H18N2O. The van der Waals surface area contributed by atoms with Gasteiger partial charge in [-0.15, -0.1) is 0 Å². The van der Waals surface area contributed by atoms with Gasteiger partial charge in [0, 0.05) is 18.8 Å². The monoisotopic (exact) mass is 242 g/mol. The van der Waals surface area contributed by atoms with E-state index in [1.54, 1.807) is 0 Å². The van der Waals surface area contributed by atoms with Crippen LogP contribution >= 0.6 is 0 Å². The molecule has 0 radical (unpaired) electrons. The highest BCUT2D eigenvalue weighted by Crippen LogP contribution is 2.35. The summed E-state index contributed by atoms with van der Waals surface area (Å²) in [5.74, 6) is 1.03. The van der Waals surface area contributed by atoms with Gasteiger partial charge in [0.1, 0.15) is 11.4 Å². The Morgan fingerprint density at radius 2 is 2.06 bits per heavy atom. The topological polar surface area (TPSA) is 26.2 Å². The first-order valence-corrected chi connectivity index (χ1v) is 6.30. The average molecular weight is 242 g/mol. The second kappa shape index (κ2) is 4.09. The summed E-state index contributed by atoms with van der Waals surface area (Å²) in [6.07, 6.45) is 4.98. The summed E-state index contributed by atoms with van der Waals surface area (Å²) in [5.41, 5.74) is 5.86. The van der Waals surface area contributed by atoms with Crippen molar-refractivity contribution in [2.75, 3.05) is 5.43 Å². The van der Waals surface area contributed by atoms with E-state index < -0.39 is 0 Å². The minimum atomic E-state index is -0.0607. The van der Waals surface area contributed by atoms with Crippen molar-refractivity contribution in [2.24, 2.45) is 0 Å². The molecule has 0 spiro atoms. The van der Waals surface area contributed by atoms with E-state index >= 15 is 0 Å². The lowest BCUT2D eigenvalue weighted by atomic mass is 10.0. The van der Waals surface area contributed by atoms with Crippen molar-refractivity contribution >= 4 is 0 Å². The van der Waals surface area contributed by atoms with E-state index in [9.17, 15) is 0 Å². The van der Waals surface area contributed by atoms with Crippen LogP contribution in [0.5, 0.6) is 5.75 Å². The van der Waals surface area contributed by atoms with Gasteiger partial charge >= 0.3 is 0 Å². The van der Waals surface area contributed by atoms with E-state index in [-0.39, 0.29) is 5.60 Å². The first kappa shape index (κ1) is 11.2. The van der Waals surface area contributed by atoms with Crippen molar-refractivity contribution < 1.29 is 4.74 Å². The van der Waals surface area contributed by atoms with Gasteiger partial charge in [-0.1, -0.05) is 12.1 Å².